The molecule has 36 heavy (non-hydrogen) atoms. The third-order valence-electron chi connectivity index (χ3n) is 6.12. The Morgan fingerprint density at radius 2 is 1.44 bits per heavy atom. The summed E-state index contributed by atoms with van der Waals surface area (Å²) in [7, 11) is 0. The van der Waals surface area contributed by atoms with Crippen LogP contribution in [-0.2, 0) is 0 Å². The van der Waals surface area contributed by atoms with Crippen molar-refractivity contribution in [2.24, 2.45) is 10.8 Å². The zero-order chi connectivity index (χ0) is 26.1. The number of rotatable bonds is 6. The van der Waals surface area contributed by atoms with Gasteiger partial charge < -0.3 is 5.73 Å². The fourth-order valence-corrected chi connectivity index (χ4v) is 4.07. The maximum Gasteiger partial charge on any atom is 0.147 e. The van der Waals surface area contributed by atoms with Crippen LogP contribution in [-0.4, -0.2) is 5.84 Å². The first-order valence-corrected chi connectivity index (χ1v) is 12.5. The Balaban J connectivity index is 0.00000176. The lowest BCUT2D eigenvalue weighted by Crippen LogP contribution is -2.31. The highest BCUT2D eigenvalue weighted by atomic mass is 15.3. The Bertz CT molecular complexity index is 1400. The lowest BCUT2D eigenvalue weighted by molar-refractivity contribution is 0.945. The number of hydrazone groups is 1. The minimum Gasteiger partial charge on any atom is -0.382 e. The van der Waals surface area contributed by atoms with Gasteiger partial charge in [-0.1, -0.05) is 123 Å². The zero-order valence-corrected chi connectivity index (χ0v) is 21.9. The maximum atomic E-state index is 6.57. The molecule has 1 aliphatic rings. The van der Waals surface area contributed by atoms with Gasteiger partial charge in [-0.3, -0.25) is 5.43 Å². The molecule has 0 aliphatic heterocycles. The molecule has 0 atom stereocenters. The molecule has 0 unspecified atom stereocenters. The van der Waals surface area contributed by atoms with Gasteiger partial charge in [0.2, 0.25) is 0 Å². The van der Waals surface area contributed by atoms with E-state index in [1.807, 2.05) is 38.1 Å². The van der Waals surface area contributed by atoms with Crippen molar-refractivity contribution < 1.29 is 0 Å². The van der Waals surface area contributed by atoms with Crippen molar-refractivity contribution in [2.45, 2.75) is 40.5 Å². The first kappa shape index (κ1) is 26.5. The van der Waals surface area contributed by atoms with Gasteiger partial charge in [-0.25, -0.2) is 0 Å². The number of nitrogens with zero attached hydrogens (tertiary/aromatic N) is 1. The lowest BCUT2D eigenvalue weighted by atomic mass is 9.89. The quantitative estimate of drug-likeness (QED) is 0.256. The summed E-state index contributed by atoms with van der Waals surface area (Å²) in [6.07, 6.45) is 6.02. The highest BCUT2D eigenvalue weighted by Crippen LogP contribution is 2.30. The molecule has 4 rings (SSSR count). The van der Waals surface area contributed by atoms with Gasteiger partial charge in [0.05, 0.1) is 5.70 Å². The van der Waals surface area contributed by atoms with E-state index in [1.54, 1.807) is 0 Å². The summed E-state index contributed by atoms with van der Waals surface area (Å²) < 4.78 is 0. The van der Waals surface area contributed by atoms with E-state index in [-0.39, 0.29) is 0 Å². The van der Waals surface area contributed by atoms with E-state index in [1.165, 1.54) is 11.1 Å². The van der Waals surface area contributed by atoms with Crippen LogP contribution >= 0.6 is 0 Å². The average Bonchev–Trinajstić information content (AvgIpc) is 2.91. The molecule has 0 saturated carbocycles. The Hall–Kier alpha value is -4.11. The number of hydrogen-bond donors (Lipinski definition) is 2. The first-order chi connectivity index (χ1) is 17.4. The van der Waals surface area contributed by atoms with E-state index in [0.29, 0.717) is 5.84 Å². The Morgan fingerprint density at radius 1 is 0.861 bits per heavy atom. The summed E-state index contributed by atoms with van der Waals surface area (Å²) in [6, 6.07) is 24.8. The van der Waals surface area contributed by atoms with Gasteiger partial charge >= 0.3 is 0 Å². The average molecular weight is 476 g/mol. The van der Waals surface area contributed by atoms with Gasteiger partial charge in [-0.2, -0.15) is 5.10 Å². The summed E-state index contributed by atoms with van der Waals surface area (Å²) in [4.78, 5) is 0. The Morgan fingerprint density at radius 3 is 2.06 bits per heavy atom. The maximum absolute atomic E-state index is 6.57. The van der Waals surface area contributed by atoms with Crippen molar-refractivity contribution in [3.8, 4) is 0 Å². The van der Waals surface area contributed by atoms with Crippen molar-refractivity contribution in [2.75, 3.05) is 0 Å². The second kappa shape index (κ2) is 12.6. The van der Waals surface area contributed by atoms with E-state index < -0.39 is 0 Å². The molecular formula is C33H37N3. The van der Waals surface area contributed by atoms with Crippen molar-refractivity contribution in [3.05, 3.63) is 135 Å². The third kappa shape index (κ3) is 6.31. The number of hydrogen-bond acceptors (Lipinski definition) is 2. The van der Waals surface area contributed by atoms with Crippen molar-refractivity contribution >= 4 is 23.7 Å². The number of nitrogens with one attached hydrogen (secondary N) is 1. The summed E-state index contributed by atoms with van der Waals surface area (Å²) >= 11 is 0. The van der Waals surface area contributed by atoms with E-state index in [0.717, 1.165) is 56.8 Å². The SMILES string of the molecule is C=C(C1=C(/C(N)=N/N/C(c2ccc(C)cc2)=c2/ccccc2=C)CCC=C1)c1ccc(C)cc1.CC. The molecule has 3 heteroatoms. The molecule has 184 valence electrons. The smallest absolute Gasteiger partial charge is 0.147 e. The standard InChI is InChI=1S/C31H31N3.C2H6/c1-21-13-17-25(18-14-21)24(4)28-11-7-8-12-29(28)31(32)34-33-30(26-19-15-22(2)16-20-26)27-10-6-5-9-23(27)3;1-2/h5-7,9-11,13-20,33H,3-4,8,12H2,1-2H3,(H2,32,34);1-2H3/b30-27-;. The van der Waals surface area contributed by atoms with Crippen molar-refractivity contribution in [3.63, 3.8) is 0 Å². The number of allylic oxidation sites excluding steroid dienone is 4. The molecule has 0 bridgehead atoms. The van der Waals surface area contributed by atoms with E-state index in [4.69, 9.17) is 5.73 Å². The predicted octanol–water partition coefficient (Wildman–Crippen LogP) is 6.12. The molecule has 0 saturated heterocycles. The number of benzene rings is 3. The molecule has 0 heterocycles. The largest absolute Gasteiger partial charge is 0.382 e. The van der Waals surface area contributed by atoms with Crippen LogP contribution in [0.4, 0.5) is 0 Å². The van der Waals surface area contributed by atoms with Gasteiger partial charge in [0.15, 0.2) is 0 Å². The van der Waals surface area contributed by atoms with Crippen molar-refractivity contribution in [1.29, 1.82) is 0 Å². The molecule has 3 nitrogen and oxygen atoms in total. The summed E-state index contributed by atoms with van der Waals surface area (Å²) in [5, 5.41) is 6.57. The highest BCUT2D eigenvalue weighted by Gasteiger charge is 2.16. The lowest BCUT2D eigenvalue weighted by Gasteiger charge is -2.18. The van der Waals surface area contributed by atoms with Crippen LogP contribution < -0.4 is 21.6 Å². The monoisotopic (exact) mass is 475 g/mol. The fraction of sp³-hybridized carbons (Fsp3) is 0.182. The van der Waals surface area contributed by atoms with Gasteiger partial charge in [0, 0.05) is 16.4 Å². The Labute approximate surface area is 215 Å². The van der Waals surface area contributed by atoms with Gasteiger partial charge in [0.25, 0.3) is 0 Å². The predicted molar refractivity (Wildman–Crippen MR) is 157 cm³/mol. The molecule has 0 fully saturated rings. The molecule has 3 N–H and O–H groups in total. The van der Waals surface area contributed by atoms with Crippen LogP contribution in [0.1, 0.15) is 48.9 Å². The molecule has 3 aromatic carbocycles. The van der Waals surface area contributed by atoms with Crippen molar-refractivity contribution in [1.82, 2.24) is 5.43 Å². The molecule has 0 aromatic heterocycles. The topological polar surface area (TPSA) is 50.4 Å². The normalized spacial score (nSPS) is 14.1. The fourth-order valence-electron chi connectivity index (χ4n) is 4.07. The molecule has 0 spiro atoms. The molecule has 0 amide bonds. The van der Waals surface area contributed by atoms with E-state index in [2.05, 4.69) is 98.2 Å². The van der Waals surface area contributed by atoms with E-state index in [9.17, 15) is 0 Å². The minimum absolute atomic E-state index is 0.471. The van der Waals surface area contributed by atoms with Crippen LogP contribution in [0.2, 0.25) is 0 Å². The number of nitrogens with two attached hydrogens (primary N) is 1. The number of aryl methyl sites for hydroxylation is 2. The van der Waals surface area contributed by atoms with Crippen LogP contribution in [0.25, 0.3) is 17.8 Å². The van der Waals surface area contributed by atoms with Crippen LogP contribution in [0.3, 0.4) is 0 Å². The first-order valence-electron chi connectivity index (χ1n) is 12.5. The van der Waals surface area contributed by atoms with Crippen LogP contribution in [0.5, 0.6) is 0 Å². The zero-order valence-electron chi connectivity index (χ0n) is 21.9. The molecular weight excluding hydrogens is 438 g/mol. The van der Waals surface area contributed by atoms with Gasteiger partial charge in [-0.05, 0) is 48.6 Å². The van der Waals surface area contributed by atoms with Crippen LogP contribution in [0, 0.1) is 13.8 Å². The van der Waals surface area contributed by atoms with Gasteiger partial charge in [-0.15, -0.1) is 0 Å². The number of amidine groups is 1. The molecule has 0 radical (unpaired) electrons. The second-order valence-corrected chi connectivity index (χ2v) is 8.68. The summed E-state index contributed by atoms with van der Waals surface area (Å²) in [5.41, 5.74) is 18.2. The third-order valence-corrected chi connectivity index (χ3v) is 6.12. The second-order valence-electron chi connectivity index (χ2n) is 8.68. The summed E-state index contributed by atoms with van der Waals surface area (Å²) in [6.45, 7) is 16.7. The highest BCUT2D eigenvalue weighted by molar-refractivity contribution is 6.02. The van der Waals surface area contributed by atoms with Gasteiger partial charge in [0.1, 0.15) is 5.84 Å². The van der Waals surface area contributed by atoms with E-state index >= 15 is 0 Å². The minimum atomic E-state index is 0.471. The van der Waals surface area contributed by atoms with Crippen LogP contribution in [0.15, 0.2) is 108 Å². The molecule has 1 aliphatic carbocycles. The Kier molecular flexibility index (Phi) is 9.24. The molecule has 3 aromatic rings. The summed E-state index contributed by atoms with van der Waals surface area (Å²) in [5.74, 6) is 0.471.